The van der Waals surface area contributed by atoms with Gasteiger partial charge in [-0.1, -0.05) is 0 Å². The molecule has 0 N–H and O–H groups in total. The molecule has 0 saturated carbocycles. The van der Waals surface area contributed by atoms with Crippen LogP contribution in [-0.2, 0) is 4.79 Å². The lowest BCUT2D eigenvalue weighted by Crippen LogP contribution is -1.59. The SMILES string of the molecule is Cc1occc1N=C=O. The first-order valence-electron chi connectivity index (χ1n) is 2.46. The summed E-state index contributed by atoms with van der Waals surface area (Å²) in [5, 5.41) is 0. The molecule has 9 heavy (non-hydrogen) atoms. The molecule has 46 valence electrons. The molecule has 0 fully saturated rings. The van der Waals surface area contributed by atoms with Gasteiger partial charge in [-0.2, -0.15) is 4.99 Å². The summed E-state index contributed by atoms with van der Waals surface area (Å²) in [7, 11) is 0. The lowest BCUT2D eigenvalue weighted by atomic mass is 10.4. The molecule has 1 aromatic rings. The molecular weight excluding hydrogens is 118 g/mol. The lowest BCUT2D eigenvalue weighted by molar-refractivity contribution is 0.534. The lowest BCUT2D eigenvalue weighted by Gasteiger charge is -1.79. The molecule has 0 unspecified atom stereocenters. The highest BCUT2D eigenvalue weighted by Crippen LogP contribution is 2.17. The molecule has 1 aromatic heterocycles. The summed E-state index contributed by atoms with van der Waals surface area (Å²) in [4.78, 5) is 13.1. The second-order valence-corrected chi connectivity index (χ2v) is 1.57. The van der Waals surface area contributed by atoms with E-state index < -0.39 is 0 Å². The van der Waals surface area contributed by atoms with Gasteiger partial charge in [0.2, 0.25) is 6.08 Å². The van der Waals surface area contributed by atoms with Crippen molar-refractivity contribution < 1.29 is 9.21 Å². The quantitative estimate of drug-likeness (QED) is 0.420. The van der Waals surface area contributed by atoms with E-state index in [4.69, 9.17) is 4.42 Å². The molecule has 0 aliphatic heterocycles. The van der Waals surface area contributed by atoms with Crippen molar-refractivity contribution in [3.8, 4) is 0 Å². The van der Waals surface area contributed by atoms with Crippen LogP contribution in [0.5, 0.6) is 0 Å². The highest BCUT2D eigenvalue weighted by Gasteiger charge is 1.95. The van der Waals surface area contributed by atoms with Crippen molar-refractivity contribution >= 4 is 11.8 Å². The highest BCUT2D eigenvalue weighted by molar-refractivity contribution is 5.49. The summed E-state index contributed by atoms with van der Waals surface area (Å²) in [6, 6.07) is 1.61. The van der Waals surface area contributed by atoms with Gasteiger partial charge < -0.3 is 4.42 Å². The Balaban J connectivity index is 3.07. The summed E-state index contributed by atoms with van der Waals surface area (Å²) in [5.41, 5.74) is 0.546. The van der Waals surface area contributed by atoms with E-state index in [0.29, 0.717) is 11.4 Å². The summed E-state index contributed by atoms with van der Waals surface area (Å²) in [6.45, 7) is 1.73. The number of nitrogens with zero attached hydrogens (tertiary/aromatic N) is 1. The first-order chi connectivity index (χ1) is 4.34. The van der Waals surface area contributed by atoms with Gasteiger partial charge in [-0.3, -0.25) is 0 Å². The van der Waals surface area contributed by atoms with Gasteiger partial charge in [0.15, 0.2) is 0 Å². The second kappa shape index (κ2) is 2.29. The van der Waals surface area contributed by atoms with Gasteiger partial charge in [0.25, 0.3) is 0 Å². The van der Waals surface area contributed by atoms with E-state index in [9.17, 15) is 4.79 Å². The first-order valence-corrected chi connectivity index (χ1v) is 2.46. The van der Waals surface area contributed by atoms with E-state index in [1.165, 1.54) is 12.3 Å². The van der Waals surface area contributed by atoms with Gasteiger partial charge in [0.05, 0.1) is 6.26 Å². The largest absolute Gasteiger partial charge is 0.467 e. The number of hydrogen-bond donors (Lipinski definition) is 0. The minimum absolute atomic E-state index is 0.546. The molecule has 0 aromatic carbocycles. The van der Waals surface area contributed by atoms with Crippen LogP contribution in [0.4, 0.5) is 5.69 Å². The predicted octanol–water partition coefficient (Wildman–Crippen LogP) is 1.56. The van der Waals surface area contributed by atoms with Crippen molar-refractivity contribution in [1.82, 2.24) is 0 Å². The first kappa shape index (κ1) is 5.79. The van der Waals surface area contributed by atoms with E-state index in [2.05, 4.69) is 4.99 Å². The monoisotopic (exact) mass is 123 g/mol. The number of isocyanates is 1. The van der Waals surface area contributed by atoms with Crippen molar-refractivity contribution in [3.05, 3.63) is 18.1 Å². The van der Waals surface area contributed by atoms with E-state index in [0.717, 1.165) is 0 Å². The number of hydrogen-bond acceptors (Lipinski definition) is 3. The van der Waals surface area contributed by atoms with Gasteiger partial charge >= 0.3 is 0 Å². The van der Waals surface area contributed by atoms with E-state index in [-0.39, 0.29) is 0 Å². The topological polar surface area (TPSA) is 42.6 Å². The van der Waals surface area contributed by atoms with Crippen LogP contribution < -0.4 is 0 Å². The molecule has 0 saturated heterocycles. The normalized spacial score (nSPS) is 8.56. The van der Waals surface area contributed by atoms with Crippen molar-refractivity contribution in [2.75, 3.05) is 0 Å². The molecule has 1 heterocycles. The second-order valence-electron chi connectivity index (χ2n) is 1.57. The van der Waals surface area contributed by atoms with Crippen molar-refractivity contribution in [3.63, 3.8) is 0 Å². The van der Waals surface area contributed by atoms with Gasteiger partial charge in [0, 0.05) is 6.07 Å². The molecule has 0 atom stereocenters. The maximum Gasteiger partial charge on any atom is 0.240 e. The predicted molar refractivity (Wildman–Crippen MR) is 31.2 cm³/mol. The third kappa shape index (κ3) is 1.06. The fraction of sp³-hybridized carbons (Fsp3) is 0.167. The maximum absolute atomic E-state index is 9.69. The Morgan fingerprint density at radius 2 is 2.56 bits per heavy atom. The number of rotatable bonds is 1. The van der Waals surface area contributed by atoms with Crippen LogP contribution in [0.1, 0.15) is 5.76 Å². The molecule has 0 aliphatic rings. The summed E-state index contributed by atoms with van der Waals surface area (Å²) >= 11 is 0. The van der Waals surface area contributed by atoms with Crippen LogP contribution in [0.2, 0.25) is 0 Å². The van der Waals surface area contributed by atoms with E-state index in [1.54, 1.807) is 13.0 Å². The third-order valence-electron chi connectivity index (χ3n) is 0.998. The fourth-order valence-electron chi connectivity index (χ4n) is 0.543. The smallest absolute Gasteiger partial charge is 0.240 e. The fourth-order valence-corrected chi connectivity index (χ4v) is 0.543. The van der Waals surface area contributed by atoms with Crippen LogP contribution in [-0.4, -0.2) is 6.08 Å². The highest BCUT2D eigenvalue weighted by atomic mass is 16.3. The van der Waals surface area contributed by atoms with Crippen LogP contribution in [0.25, 0.3) is 0 Å². The molecule has 0 amide bonds. The van der Waals surface area contributed by atoms with Gasteiger partial charge in [-0.15, -0.1) is 0 Å². The average molecular weight is 123 g/mol. The third-order valence-corrected chi connectivity index (χ3v) is 0.998. The van der Waals surface area contributed by atoms with Crippen molar-refractivity contribution in [2.45, 2.75) is 6.92 Å². The Morgan fingerprint density at radius 1 is 1.78 bits per heavy atom. The number of aliphatic imine (C=N–C) groups is 1. The van der Waals surface area contributed by atoms with Crippen LogP contribution >= 0.6 is 0 Å². The standard InChI is InChI=1S/C6H5NO2/c1-5-6(7-4-8)2-3-9-5/h2-3H,1H3. The van der Waals surface area contributed by atoms with Gasteiger partial charge in [0.1, 0.15) is 11.4 Å². The zero-order valence-corrected chi connectivity index (χ0v) is 4.92. The van der Waals surface area contributed by atoms with Crippen molar-refractivity contribution in [1.29, 1.82) is 0 Å². The summed E-state index contributed by atoms with van der Waals surface area (Å²) in [6.07, 6.45) is 2.90. The minimum Gasteiger partial charge on any atom is -0.467 e. The molecule has 0 radical (unpaired) electrons. The summed E-state index contributed by atoms with van der Waals surface area (Å²) in [5.74, 6) is 0.637. The van der Waals surface area contributed by atoms with Crippen LogP contribution in [0.15, 0.2) is 21.7 Å². The Kier molecular flexibility index (Phi) is 1.47. The maximum atomic E-state index is 9.69. The van der Waals surface area contributed by atoms with E-state index >= 15 is 0 Å². The molecular formula is C6H5NO2. The molecule has 1 rings (SSSR count). The number of carbonyl (C=O) groups excluding carboxylic acids is 1. The molecule has 3 heteroatoms. The zero-order valence-electron chi connectivity index (χ0n) is 4.92. The van der Waals surface area contributed by atoms with E-state index in [1.807, 2.05) is 0 Å². The van der Waals surface area contributed by atoms with Crippen molar-refractivity contribution in [2.24, 2.45) is 4.99 Å². The molecule has 0 aliphatic carbocycles. The zero-order chi connectivity index (χ0) is 6.69. The van der Waals surface area contributed by atoms with Crippen LogP contribution in [0.3, 0.4) is 0 Å². The number of aryl methyl sites for hydroxylation is 1. The Hall–Kier alpha value is -1.34. The molecule has 0 bridgehead atoms. The minimum atomic E-state index is 0.546. The van der Waals surface area contributed by atoms with Gasteiger partial charge in [-0.05, 0) is 6.92 Å². The Bertz CT molecular complexity index is 245. The van der Waals surface area contributed by atoms with Crippen LogP contribution in [0, 0.1) is 6.92 Å². The Labute approximate surface area is 52.0 Å². The molecule has 3 nitrogen and oxygen atoms in total. The molecule has 0 spiro atoms. The number of furan rings is 1. The Morgan fingerprint density at radius 3 is 3.00 bits per heavy atom. The average Bonchev–Trinajstić information content (AvgIpc) is 2.18. The summed E-state index contributed by atoms with van der Waals surface area (Å²) < 4.78 is 4.84. The van der Waals surface area contributed by atoms with Gasteiger partial charge in [-0.25, -0.2) is 4.79 Å².